The molecule has 1 aromatic heterocycles. The maximum atomic E-state index is 14.0. The number of piperazine rings is 1. The van der Waals surface area contributed by atoms with Gasteiger partial charge in [-0.2, -0.15) is 4.31 Å². The number of aromatic nitrogens is 2. The summed E-state index contributed by atoms with van der Waals surface area (Å²) < 4.78 is 41.5. The highest BCUT2D eigenvalue weighted by Gasteiger charge is 2.31. The summed E-state index contributed by atoms with van der Waals surface area (Å²) in [7, 11) is -3.65. The highest BCUT2D eigenvalue weighted by molar-refractivity contribution is 7.89. The van der Waals surface area contributed by atoms with Crippen molar-refractivity contribution in [1.82, 2.24) is 19.2 Å². The lowest BCUT2D eigenvalue weighted by Crippen LogP contribution is -2.50. The van der Waals surface area contributed by atoms with Crippen molar-refractivity contribution >= 4 is 27.0 Å². The normalized spacial score (nSPS) is 16.3. The fraction of sp³-hybridized carbons (Fsp3) is 0.348. The van der Waals surface area contributed by atoms with Gasteiger partial charge in [0, 0.05) is 44.6 Å². The summed E-state index contributed by atoms with van der Waals surface area (Å²) in [5, 5.41) is 0. The number of rotatable bonds is 5. The smallest absolute Gasteiger partial charge is 0.256 e. The first kappa shape index (κ1) is 22.3. The molecule has 0 aliphatic carbocycles. The minimum atomic E-state index is -3.65. The molecule has 1 aliphatic heterocycles. The average Bonchev–Trinajstić information content (AvgIpc) is 2.82. The van der Waals surface area contributed by atoms with Gasteiger partial charge in [0.25, 0.3) is 5.91 Å². The lowest BCUT2D eigenvalue weighted by molar-refractivity contribution is 0.0699. The fourth-order valence-electron chi connectivity index (χ4n) is 3.86. The van der Waals surface area contributed by atoms with Crippen LogP contribution in [0.25, 0.3) is 11.0 Å². The molecule has 0 bridgehead atoms. The number of sulfonamides is 1. The highest BCUT2D eigenvalue weighted by atomic mass is 32.2. The average molecular weight is 457 g/mol. The Balaban J connectivity index is 1.49. The zero-order chi connectivity index (χ0) is 22.9. The Morgan fingerprint density at radius 2 is 1.72 bits per heavy atom. The zero-order valence-corrected chi connectivity index (χ0v) is 18.8. The first-order valence-electron chi connectivity index (χ1n) is 10.6. The molecule has 0 radical (unpaired) electrons. The second kappa shape index (κ2) is 8.91. The van der Waals surface area contributed by atoms with Crippen LogP contribution in [0.15, 0.2) is 53.7 Å². The highest BCUT2D eigenvalue weighted by Crippen LogP contribution is 2.24. The molecule has 0 spiro atoms. The monoisotopic (exact) mass is 456 g/mol. The van der Waals surface area contributed by atoms with Gasteiger partial charge in [-0.05, 0) is 36.1 Å². The number of carbonyl (C=O) groups is 1. The van der Waals surface area contributed by atoms with Gasteiger partial charge >= 0.3 is 0 Å². The topological polar surface area (TPSA) is 83.5 Å². The molecule has 1 unspecified atom stereocenters. The van der Waals surface area contributed by atoms with Crippen LogP contribution in [-0.2, 0) is 10.0 Å². The fourth-order valence-corrected chi connectivity index (χ4v) is 5.28. The number of carbonyl (C=O) groups excluding carboxylic acids is 1. The standard InChI is InChI=1S/C23H25FN4O3S/c1-3-16(2)17-4-6-19(7-5-17)32(30,31)28-12-10-27(11-13-28)23(29)20-14-18(24)15-21-22(20)26-9-8-25-21/h4-9,14-16H,3,10-13H2,1-2H3. The molecule has 1 fully saturated rings. The van der Waals surface area contributed by atoms with Gasteiger partial charge in [-0.15, -0.1) is 0 Å². The molecule has 2 heterocycles. The van der Waals surface area contributed by atoms with Gasteiger partial charge in [0.2, 0.25) is 10.0 Å². The van der Waals surface area contributed by atoms with E-state index in [0.717, 1.165) is 18.1 Å². The molecule has 0 N–H and O–H groups in total. The van der Waals surface area contributed by atoms with Crippen molar-refractivity contribution in [2.75, 3.05) is 26.2 Å². The summed E-state index contributed by atoms with van der Waals surface area (Å²) in [6.07, 6.45) is 3.87. The van der Waals surface area contributed by atoms with Gasteiger partial charge in [0.05, 0.1) is 16.0 Å². The maximum absolute atomic E-state index is 14.0. The number of benzene rings is 2. The van der Waals surface area contributed by atoms with Crippen molar-refractivity contribution in [3.63, 3.8) is 0 Å². The number of hydrogen-bond acceptors (Lipinski definition) is 5. The second-order valence-corrected chi connectivity index (χ2v) is 9.89. The van der Waals surface area contributed by atoms with E-state index in [9.17, 15) is 17.6 Å². The van der Waals surface area contributed by atoms with E-state index in [-0.39, 0.29) is 42.5 Å². The Morgan fingerprint density at radius 1 is 1.06 bits per heavy atom. The Kier molecular flexibility index (Phi) is 6.21. The van der Waals surface area contributed by atoms with Crippen LogP contribution in [0.3, 0.4) is 0 Å². The lowest BCUT2D eigenvalue weighted by Gasteiger charge is -2.34. The van der Waals surface area contributed by atoms with Crippen LogP contribution in [0.1, 0.15) is 42.1 Å². The summed E-state index contributed by atoms with van der Waals surface area (Å²) in [6.45, 7) is 4.95. The first-order valence-corrected chi connectivity index (χ1v) is 12.0. The Morgan fingerprint density at radius 3 is 2.38 bits per heavy atom. The van der Waals surface area contributed by atoms with Crippen molar-refractivity contribution in [2.24, 2.45) is 0 Å². The molecule has 1 aliphatic rings. The summed E-state index contributed by atoms with van der Waals surface area (Å²) in [4.78, 5) is 23.1. The third-order valence-corrected chi connectivity index (χ3v) is 7.91. The largest absolute Gasteiger partial charge is 0.336 e. The molecule has 1 atom stereocenters. The van der Waals surface area contributed by atoms with Crippen LogP contribution in [0.5, 0.6) is 0 Å². The van der Waals surface area contributed by atoms with Crippen LogP contribution < -0.4 is 0 Å². The maximum Gasteiger partial charge on any atom is 0.256 e. The number of nitrogens with zero attached hydrogens (tertiary/aromatic N) is 4. The minimum absolute atomic E-state index is 0.130. The van der Waals surface area contributed by atoms with E-state index in [2.05, 4.69) is 23.8 Å². The van der Waals surface area contributed by atoms with E-state index in [1.165, 1.54) is 27.7 Å². The SMILES string of the molecule is CCC(C)c1ccc(S(=O)(=O)N2CCN(C(=O)c3cc(F)cc4nccnc34)CC2)cc1. The molecule has 4 rings (SSSR count). The van der Waals surface area contributed by atoms with Crippen LogP contribution >= 0.6 is 0 Å². The Labute approximate surface area is 186 Å². The first-order chi connectivity index (χ1) is 15.3. The van der Waals surface area contributed by atoms with Crippen molar-refractivity contribution in [1.29, 1.82) is 0 Å². The number of hydrogen-bond donors (Lipinski definition) is 0. The molecular weight excluding hydrogens is 431 g/mol. The second-order valence-electron chi connectivity index (χ2n) is 7.95. The number of fused-ring (bicyclic) bond motifs is 1. The molecule has 2 aromatic carbocycles. The van der Waals surface area contributed by atoms with Gasteiger partial charge in [-0.1, -0.05) is 26.0 Å². The van der Waals surface area contributed by atoms with Gasteiger partial charge in [-0.25, -0.2) is 12.8 Å². The van der Waals surface area contributed by atoms with Crippen molar-refractivity contribution < 1.29 is 17.6 Å². The van der Waals surface area contributed by atoms with Crippen molar-refractivity contribution in [3.05, 3.63) is 65.7 Å². The zero-order valence-electron chi connectivity index (χ0n) is 18.0. The van der Waals surface area contributed by atoms with Crippen LogP contribution in [-0.4, -0.2) is 59.7 Å². The molecule has 1 saturated heterocycles. The summed E-state index contributed by atoms with van der Waals surface area (Å²) >= 11 is 0. The van der Waals surface area contributed by atoms with E-state index in [1.807, 2.05) is 12.1 Å². The third-order valence-electron chi connectivity index (χ3n) is 5.99. The predicted octanol–water partition coefficient (Wildman–Crippen LogP) is 3.43. The minimum Gasteiger partial charge on any atom is -0.336 e. The molecular formula is C23H25FN4O3S. The molecule has 32 heavy (non-hydrogen) atoms. The molecule has 9 heteroatoms. The third kappa shape index (κ3) is 4.22. The van der Waals surface area contributed by atoms with E-state index in [4.69, 9.17) is 0 Å². The number of halogens is 1. The lowest BCUT2D eigenvalue weighted by atomic mass is 9.99. The molecule has 3 aromatic rings. The van der Waals surface area contributed by atoms with Crippen molar-refractivity contribution in [2.45, 2.75) is 31.1 Å². The Hall–Kier alpha value is -2.91. The quantitative estimate of drug-likeness (QED) is 0.587. The molecule has 0 saturated carbocycles. The van der Waals surface area contributed by atoms with Crippen LogP contribution in [0.4, 0.5) is 4.39 Å². The molecule has 7 nitrogen and oxygen atoms in total. The summed E-state index contributed by atoms with van der Waals surface area (Å²) in [5.41, 5.74) is 1.87. The van der Waals surface area contributed by atoms with E-state index >= 15 is 0 Å². The summed E-state index contributed by atoms with van der Waals surface area (Å²) in [6, 6.07) is 9.39. The van der Waals surface area contributed by atoms with Gasteiger partial charge in [0.15, 0.2) is 0 Å². The van der Waals surface area contributed by atoms with Gasteiger partial charge in [-0.3, -0.25) is 14.8 Å². The van der Waals surface area contributed by atoms with Gasteiger partial charge < -0.3 is 4.90 Å². The Bertz CT molecular complexity index is 1240. The van der Waals surface area contributed by atoms with Gasteiger partial charge in [0.1, 0.15) is 11.3 Å². The molecule has 168 valence electrons. The van der Waals surface area contributed by atoms with Crippen molar-refractivity contribution in [3.8, 4) is 0 Å². The van der Waals surface area contributed by atoms with Crippen LogP contribution in [0.2, 0.25) is 0 Å². The van der Waals surface area contributed by atoms with E-state index in [0.29, 0.717) is 17.0 Å². The van der Waals surface area contributed by atoms with E-state index < -0.39 is 15.8 Å². The predicted molar refractivity (Wildman–Crippen MR) is 119 cm³/mol. The molecule has 1 amide bonds. The van der Waals surface area contributed by atoms with E-state index in [1.54, 1.807) is 12.1 Å². The number of amides is 1. The summed E-state index contributed by atoms with van der Waals surface area (Å²) in [5.74, 6) is -0.585. The van der Waals surface area contributed by atoms with Crippen LogP contribution in [0, 0.1) is 5.82 Å².